The van der Waals surface area contributed by atoms with E-state index in [4.69, 9.17) is 4.74 Å². The molecule has 6 heteroatoms. The standard InChI is InChI=1S/C24H27NO4S/c1-15-7-10-21(16(2)11-15)25-22(26)13-30-14-23(27)29-17(3)24(28)20-9-8-18-5-4-6-19(18)12-20/h7-12,17H,4-6,13-14H2,1-3H3,(H,25,26)/t17-/m0/s1. The minimum atomic E-state index is -0.846. The van der Waals surface area contributed by atoms with Crippen molar-refractivity contribution >= 4 is 35.1 Å². The lowest BCUT2D eigenvalue weighted by Crippen LogP contribution is -2.26. The molecule has 1 atom stereocenters. The number of esters is 1. The molecule has 0 unspecified atom stereocenters. The summed E-state index contributed by atoms with van der Waals surface area (Å²) in [6, 6.07) is 11.5. The number of anilines is 1. The molecule has 0 saturated carbocycles. The van der Waals surface area contributed by atoms with Crippen molar-refractivity contribution in [3.05, 3.63) is 64.2 Å². The van der Waals surface area contributed by atoms with Crippen molar-refractivity contribution in [3.63, 3.8) is 0 Å². The number of amides is 1. The minimum absolute atomic E-state index is 0.0160. The molecular formula is C24H27NO4S. The number of aryl methyl sites for hydroxylation is 4. The maximum absolute atomic E-state index is 12.6. The Morgan fingerprint density at radius 3 is 2.57 bits per heavy atom. The van der Waals surface area contributed by atoms with E-state index in [1.54, 1.807) is 6.92 Å². The van der Waals surface area contributed by atoms with E-state index in [1.165, 1.54) is 22.9 Å². The number of Topliss-reactive ketones (excluding diaryl/α,β-unsaturated/α-hetero) is 1. The van der Waals surface area contributed by atoms with Gasteiger partial charge in [-0.2, -0.15) is 0 Å². The fourth-order valence-corrected chi connectivity index (χ4v) is 4.21. The van der Waals surface area contributed by atoms with Gasteiger partial charge in [-0.05, 0) is 68.9 Å². The molecule has 0 bridgehead atoms. The number of nitrogens with one attached hydrogen (secondary N) is 1. The highest BCUT2D eigenvalue weighted by Gasteiger charge is 2.21. The number of benzene rings is 2. The van der Waals surface area contributed by atoms with Crippen LogP contribution in [-0.2, 0) is 27.2 Å². The molecule has 3 rings (SSSR count). The molecule has 0 heterocycles. The molecule has 158 valence electrons. The van der Waals surface area contributed by atoms with Gasteiger partial charge in [0.2, 0.25) is 11.7 Å². The van der Waals surface area contributed by atoms with Crippen LogP contribution in [0.25, 0.3) is 0 Å². The molecule has 0 radical (unpaired) electrons. The molecule has 5 nitrogen and oxygen atoms in total. The van der Waals surface area contributed by atoms with E-state index in [1.807, 2.05) is 50.2 Å². The summed E-state index contributed by atoms with van der Waals surface area (Å²) < 4.78 is 5.28. The Kier molecular flexibility index (Phi) is 7.32. The molecule has 0 aromatic heterocycles. The summed E-state index contributed by atoms with van der Waals surface area (Å²) in [6.45, 7) is 5.52. The average molecular weight is 426 g/mol. The second-order valence-corrected chi connectivity index (χ2v) is 8.68. The van der Waals surface area contributed by atoms with Gasteiger partial charge >= 0.3 is 5.97 Å². The largest absolute Gasteiger partial charge is 0.454 e. The summed E-state index contributed by atoms with van der Waals surface area (Å²) in [7, 11) is 0. The Morgan fingerprint density at radius 2 is 1.80 bits per heavy atom. The highest BCUT2D eigenvalue weighted by atomic mass is 32.2. The SMILES string of the molecule is Cc1ccc(NC(=O)CSCC(=O)O[C@@H](C)C(=O)c2ccc3c(c2)CCC3)c(C)c1. The molecule has 0 fully saturated rings. The molecule has 1 aliphatic rings. The van der Waals surface area contributed by atoms with Crippen molar-refractivity contribution in [2.24, 2.45) is 0 Å². The van der Waals surface area contributed by atoms with Gasteiger partial charge in [0.25, 0.3) is 0 Å². The van der Waals surface area contributed by atoms with Gasteiger partial charge in [0, 0.05) is 11.3 Å². The molecule has 1 N–H and O–H groups in total. The topological polar surface area (TPSA) is 72.5 Å². The van der Waals surface area contributed by atoms with Crippen molar-refractivity contribution in [2.75, 3.05) is 16.8 Å². The second-order valence-electron chi connectivity index (χ2n) is 7.69. The fourth-order valence-electron chi connectivity index (χ4n) is 3.61. The van der Waals surface area contributed by atoms with Crippen molar-refractivity contribution in [2.45, 2.75) is 46.1 Å². The van der Waals surface area contributed by atoms with E-state index in [9.17, 15) is 14.4 Å². The number of hydrogen-bond donors (Lipinski definition) is 1. The van der Waals surface area contributed by atoms with Crippen LogP contribution in [-0.4, -0.2) is 35.3 Å². The first-order valence-electron chi connectivity index (χ1n) is 10.1. The minimum Gasteiger partial charge on any atom is -0.454 e. The van der Waals surface area contributed by atoms with Gasteiger partial charge in [0.1, 0.15) is 0 Å². The van der Waals surface area contributed by atoms with Crippen LogP contribution in [0.3, 0.4) is 0 Å². The van der Waals surface area contributed by atoms with Gasteiger partial charge in [-0.25, -0.2) is 0 Å². The van der Waals surface area contributed by atoms with Crippen molar-refractivity contribution in [3.8, 4) is 0 Å². The zero-order valence-corrected chi connectivity index (χ0v) is 18.4. The first-order chi connectivity index (χ1) is 14.3. The molecule has 0 spiro atoms. The third kappa shape index (κ3) is 5.72. The van der Waals surface area contributed by atoms with Crippen LogP contribution in [0, 0.1) is 13.8 Å². The number of ketones is 1. The van der Waals surface area contributed by atoms with Crippen LogP contribution < -0.4 is 5.32 Å². The van der Waals surface area contributed by atoms with Crippen LogP contribution in [0.15, 0.2) is 36.4 Å². The lowest BCUT2D eigenvalue weighted by molar-refractivity contribution is -0.143. The highest BCUT2D eigenvalue weighted by molar-refractivity contribution is 8.00. The number of carbonyl (C=O) groups is 3. The Labute approximate surface area is 181 Å². The summed E-state index contributed by atoms with van der Waals surface area (Å²) in [5, 5.41) is 2.85. The summed E-state index contributed by atoms with van der Waals surface area (Å²) in [5.41, 5.74) is 5.98. The maximum atomic E-state index is 12.6. The molecule has 0 saturated heterocycles. The number of fused-ring (bicyclic) bond motifs is 1. The van der Waals surface area contributed by atoms with E-state index in [0.717, 1.165) is 36.1 Å². The van der Waals surface area contributed by atoms with Crippen molar-refractivity contribution in [1.82, 2.24) is 0 Å². The number of carbonyl (C=O) groups excluding carboxylic acids is 3. The van der Waals surface area contributed by atoms with Gasteiger partial charge in [-0.15, -0.1) is 11.8 Å². The fraction of sp³-hybridized carbons (Fsp3) is 0.375. The van der Waals surface area contributed by atoms with Gasteiger partial charge in [0.15, 0.2) is 6.10 Å². The third-order valence-electron chi connectivity index (χ3n) is 5.17. The zero-order valence-electron chi connectivity index (χ0n) is 17.6. The number of rotatable bonds is 8. The highest BCUT2D eigenvalue weighted by Crippen LogP contribution is 2.23. The summed E-state index contributed by atoms with van der Waals surface area (Å²) >= 11 is 1.17. The Balaban J connectivity index is 1.42. The Hall–Kier alpha value is -2.60. The Bertz CT molecular complexity index is 970. The summed E-state index contributed by atoms with van der Waals surface area (Å²) in [4.78, 5) is 36.8. The first-order valence-corrected chi connectivity index (χ1v) is 11.3. The van der Waals surface area contributed by atoms with E-state index in [0.29, 0.717) is 5.56 Å². The Morgan fingerprint density at radius 1 is 1.03 bits per heavy atom. The van der Waals surface area contributed by atoms with Gasteiger partial charge < -0.3 is 10.1 Å². The third-order valence-corrected chi connectivity index (χ3v) is 6.08. The summed E-state index contributed by atoms with van der Waals surface area (Å²) in [6.07, 6.45) is 2.32. The molecule has 30 heavy (non-hydrogen) atoms. The van der Waals surface area contributed by atoms with Crippen LogP contribution in [0.1, 0.15) is 46.0 Å². The van der Waals surface area contributed by atoms with Gasteiger partial charge in [-0.1, -0.05) is 29.8 Å². The van der Waals surface area contributed by atoms with Crippen molar-refractivity contribution in [1.29, 1.82) is 0 Å². The van der Waals surface area contributed by atoms with Crippen molar-refractivity contribution < 1.29 is 19.1 Å². The first kappa shape index (κ1) is 22.1. The van der Waals surface area contributed by atoms with E-state index >= 15 is 0 Å². The number of hydrogen-bond acceptors (Lipinski definition) is 5. The van der Waals surface area contributed by atoms with E-state index in [-0.39, 0.29) is 23.2 Å². The quantitative estimate of drug-likeness (QED) is 0.505. The number of thioether (sulfide) groups is 1. The monoisotopic (exact) mass is 425 g/mol. The smallest absolute Gasteiger partial charge is 0.316 e. The van der Waals surface area contributed by atoms with E-state index < -0.39 is 12.1 Å². The predicted molar refractivity (Wildman–Crippen MR) is 120 cm³/mol. The van der Waals surface area contributed by atoms with Gasteiger partial charge in [-0.3, -0.25) is 14.4 Å². The maximum Gasteiger partial charge on any atom is 0.316 e. The zero-order chi connectivity index (χ0) is 21.7. The molecule has 0 aliphatic heterocycles. The molecular weight excluding hydrogens is 398 g/mol. The molecule has 1 aliphatic carbocycles. The summed E-state index contributed by atoms with van der Waals surface area (Å²) in [5.74, 6) is -0.725. The average Bonchev–Trinajstić information content (AvgIpc) is 3.17. The molecule has 1 amide bonds. The lowest BCUT2D eigenvalue weighted by Gasteiger charge is -2.13. The van der Waals surface area contributed by atoms with Gasteiger partial charge in [0.05, 0.1) is 11.5 Å². The number of ether oxygens (including phenoxy) is 1. The lowest BCUT2D eigenvalue weighted by atomic mass is 10.0. The van der Waals surface area contributed by atoms with Crippen LogP contribution in [0.5, 0.6) is 0 Å². The van der Waals surface area contributed by atoms with E-state index in [2.05, 4.69) is 5.32 Å². The van der Waals surface area contributed by atoms with Crippen LogP contribution in [0.4, 0.5) is 5.69 Å². The van der Waals surface area contributed by atoms with Crippen LogP contribution in [0.2, 0.25) is 0 Å². The van der Waals surface area contributed by atoms with Crippen LogP contribution >= 0.6 is 11.8 Å². The normalized spacial score (nSPS) is 13.4. The molecule has 2 aromatic carbocycles. The second kappa shape index (κ2) is 9.94. The predicted octanol–water partition coefficient (Wildman–Crippen LogP) is 4.28. The molecule has 2 aromatic rings.